The van der Waals surface area contributed by atoms with E-state index in [1.165, 1.54) is 11.5 Å². The van der Waals surface area contributed by atoms with Crippen molar-refractivity contribution in [3.63, 3.8) is 0 Å². The van der Waals surface area contributed by atoms with E-state index in [9.17, 15) is 19.2 Å². The number of aromatic nitrogens is 3. The van der Waals surface area contributed by atoms with Crippen LogP contribution in [0.15, 0.2) is 46.1 Å². The van der Waals surface area contributed by atoms with Crippen LogP contribution in [-0.2, 0) is 22.7 Å². The fourth-order valence-electron chi connectivity index (χ4n) is 3.82. The minimum Gasteiger partial charge on any atom is -0.459 e. The van der Waals surface area contributed by atoms with E-state index in [1.54, 1.807) is 44.3 Å². The Balaban J connectivity index is 2.16. The van der Waals surface area contributed by atoms with Gasteiger partial charge in [-0.1, -0.05) is 31.0 Å². The van der Waals surface area contributed by atoms with Crippen molar-refractivity contribution in [2.24, 2.45) is 0 Å². The number of hydrogen-bond acceptors (Lipinski definition) is 6. The van der Waals surface area contributed by atoms with E-state index in [2.05, 4.69) is 9.97 Å². The minimum atomic E-state index is -0.671. The standard InChI is InChI=1S/C25H27N3O5/c1-14(2)21-22(23(30)19-9-15(3)8-16(4)10-19)28(25(32)27-24(21)31)12-18-6-7-26-20(11-18)13-33-17(5)29/h6-11,14H,12-13H2,1-5H3,(H,27,31,32). The van der Waals surface area contributed by atoms with Crippen LogP contribution in [0.25, 0.3) is 0 Å². The fraction of sp³-hybridized carbons (Fsp3) is 0.320. The first kappa shape index (κ1) is 23.8. The number of hydrogen-bond donors (Lipinski definition) is 1. The maximum atomic E-state index is 13.7. The molecule has 0 radical (unpaired) electrons. The summed E-state index contributed by atoms with van der Waals surface area (Å²) in [6.07, 6.45) is 1.54. The molecule has 1 aromatic carbocycles. The summed E-state index contributed by atoms with van der Waals surface area (Å²) < 4.78 is 6.29. The van der Waals surface area contributed by atoms with Gasteiger partial charge in [-0.2, -0.15) is 0 Å². The summed E-state index contributed by atoms with van der Waals surface area (Å²) >= 11 is 0. The van der Waals surface area contributed by atoms with Gasteiger partial charge in [0.2, 0.25) is 5.78 Å². The topological polar surface area (TPSA) is 111 Å². The Kier molecular flexibility index (Phi) is 7.06. The monoisotopic (exact) mass is 449 g/mol. The fourth-order valence-corrected chi connectivity index (χ4v) is 3.82. The zero-order valence-corrected chi connectivity index (χ0v) is 19.4. The molecule has 3 aromatic rings. The molecule has 0 aliphatic heterocycles. The second-order valence-corrected chi connectivity index (χ2v) is 8.40. The SMILES string of the molecule is CC(=O)OCc1cc(Cn2c(C(=O)c3cc(C)cc(C)c3)c(C(C)C)c(=O)[nH]c2=O)ccn1. The molecule has 0 bridgehead atoms. The largest absolute Gasteiger partial charge is 0.459 e. The average molecular weight is 450 g/mol. The Bertz CT molecular complexity index is 1310. The van der Waals surface area contributed by atoms with Gasteiger partial charge in [-0.15, -0.1) is 0 Å². The normalized spacial score (nSPS) is 11.0. The molecule has 172 valence electrons. The quantitative estimate of drug-likeness (QED) is 0.438. The van der Waals surface area contributed by atoms with Gasteiger partial charge in [-0.05, 0) is 49.6 Å². The number of carbonyl (C=O) groups is 2. The summed E-state index contributed by atoms with van der Waals surface area (Å²) in [5, 5.41) is 0. The van der Waals surface area contributed by atoms with E-state index >= 15 is 0 Å². The van der Waals surface area contributed by atoms with Crippen molar-refractivity contribution in [1.82, 2.24) is 14.5 Å². The van der Waals surface area contributed by atoms with Crippen LogP contribution < -0.4 is 11.2 Å². The molecule has 2 heterocycles. The van der Waals surface area contributed by atoms with E-state index in [0.717, 1.165) is 11.1 Å². The highest BCUT2D eigenvalue weighted by atomic mass is 16.5. The van der Waals surface area contributed by atoms with Gasteiger partial charge < -0.3 is 4.74 Å². The van der Waals surface area contributed by atoms with E-state index in [4.69, 9.17) is 4.74 Å². The number of ether oxygens (including phenoxy) is 1. The van der Waals surface area contributed by atoms with Crippen molar-refractivity contribution < 1.29 is 14.3 Å². The Morgan fingerprint density at radius 3 is 2.36 bits per heavy atom. The third-order valence-electron chi connectivity index (χ3n) is 5.16. The second-order valence-electron chi connectivity index (χ2n) is 8.40. The summed E-state index contributed by atoms with van der Waals surface area (Å²) in [5.74, 6) is -1.10. The highest BCUT2D eigenvalue weighted by Gasteiger charge is 2.25. The van der Waals surface area contributed by atoms with Gasteiger partial charge in [0.25, 0.3) is 5.56 Å². The van der Waals surface area contributed by atoms with Gasteiger partial charge in [0.05, 0.1) is 12.2 Å². The molecule has 3 rings (SSSR count). The molecule has 0 saturated carbocycles. The van der Waals surface area contributed by atoms with Gasteiger partial charge >= 0.3 is 11.7 Å². The Morgan fingerprint density at radius 1 is 1.09 bits per heavy atom. The number of nitrogens with one attached hydrogen (secondary N) is 1. The molecule has 0 aliphatic carbocycles. The molecule has 8 nitrogen and oxygen atoms in total. The number of aromatic amines is 1. The maximum Gasteiger partial charge on any atom is 0.329 e. The number of H-pyrrole nitrogens is 1. The molecule has 8 heteroatoms. The van der Waals surface area contributed by atoms with Crippen LogP contribution in [0.3, 0.4) is 0 Å². The van der Waals surface area contributed by atoms with Crippen molar-refractivity contribution in [3.05, 3.63) is 96.6 Å². The van der Waals surface area contributed by atoms with Crippen LogP contribution in [-0.4, -0.2) is 26.3 Å². The van der Waals surface area contributed by atoms with E-state index in [1.807, 2.05) is 19.9 Å². The molecular formula is C25H27N3O5. The zero-order chi connectivity index (χ0) is 24.3. The molecule has 0 atom stereocenters. The van der Waals surface area contributed by atoms with Crippen molar-refractivity contribution in [1.29, 1.82) is 0 Å². The van der Waals surface area contributed by atoms with Crippen LogP contribution in [0.5, 0.6) is 0 Å². The van der Waals surface area contributed by atoms with Gasteiger partial charge in [-0.25, -0.2) is 4.79 Å². The molecule has 0 amide bonds. The number of nitrogens with zero attached hydrogens (tertiary/aromatic N) is 2. The lowest BCUT2D eigenvalue weighted by Gasteiger charge is -2.18. The molecule has 0 aliphatic rings. The smallest absolute Gasteiger partial charge is 0.329 e. The highest BCUT2D eigenvalue weighted by molar-refractivity contribution is 6.09. The summed E-state index contributed by atoms with van der Waals surface area (Å²) in [6, 6.07) is 8.85. The number of rotatable bonds is 7. The minimum absolute atomic E-state index is 0.00467. The molecule has 0 unspecified atom stereocenters. The number of pyridine rings is 1. The van der Waals surface area contributed by atoms with Crippen LogP contribution in [0.4, 0.5) is 0 Å². The van der Waals surface area contributed by atoms with Crippen LogP contribution >= 0.6 is 0 Å². The molecule has 1 N–H and O–H groups in total. The second kappa shape index (κ2) is 9.77. The third kappa shape index (κ3) is 5.52. The first-order valence-corrected chi connectivity index (χ1v) is 10.6. The molecule has 2 aromatic heterocycles. The first-order valence-electron chi connectivity index (χ1n) is 10.6. The van der Waals surface area contributed by atoms with E-state index < -0.39 is 17.2 Å². The summed E-state index contributed by atoms with van der Waals surface area (Å²) in [6.45, 7) is 8.73. The lowest BCUT2D eigenvalue weighted by molar-refractivity contribution is -0.142. The number of carbonyl (C=O) groups excluding carboxylic acids is 2. The highest BCUT2D eigenvalue weighted by Crippen LogP contribution is 2.20. The molecule has 0 spiro atoms. The first-order chi connectivity index (χ1) is 15.6. The van der Waals surface area contributed by atoms with Crippen LogP contribution in [0, 0.1) is 13.8 Å². The summed E-state index contributed by atoms with van der Waals surface area (Å²) in [4.78, 5) is 56.9. The van der Waals surface area contributed by atoms with Gasteiger partial charge in [0.1, 0.15) is 12.3 Å². The summed E-state index contributed by atoms with van der Waals surface area (Å²) in [5.41, 5.74) is 2.50. The van der Waals surface area contributed by atoms with E-state index in [0.29, 0.717) is 16.8 Å². The number of aryl methyl sites for hydroxylation is 2. The molecular weight excluding hydrogens is 422 g/mol. The zero-order valence-electron chi connectivity index (χ0n) is 19.4. The summed E-state index contributed by atoms with van der Waals surface area (Å²) in [7, 11) is 0. The van der Waals surface area contributed by atoms with Crippen LogP contribution in [0.2, 0.25) is 0 Å². The van der Waals surface area contributed by atoms with Crippen LogP contribution in [0.1, 0.15) is 70.7 Å². The Labute approximate surface area is 191 Å². The molecule has 0 fully saturated rings. The van der Waals surface area contributed by atoms with Crippen molar-refractivity contribution in [3.8, 4) is 0 Å². The van der Waals surface area contributed by atoms with Gasteiger partial charge in [0.15, 0.2) is 0 Å². The van der Waals surface area contributed by atoms with Gasteiger partial charge in [0, 0.05) is 24.2 Å². The van der Waals surface area contributed by atoms with E-state index in [-0.39, 0.29) is 36.1 Å². The number of benzene rings is 1. The van der Waals surface area contributed by atoms with Crippen molar-refractivity contribution >= 4 is 11.8 Å². The van der Waals surface area contributed by atoms with Crippen molar-refractivity contribution in [2.75, 3.05) is 0 Å². The number of esters is 1. The Hall–Kier alpha value is -3.81. The number of ketones is 1. The molecule has 0 saturated heterocycles. The molecule has 33 heavy (non-hydrogen) atoms. The Morgan fingerprint density at radius 2 is 1.76 bits per heavy atom. The lowest BCUT2D eigenvalue weighted by Crippen LogP contribution is -2.38. The third-order valence-corrected chi connectivity index (χ3v) is 5.16. The van der Waals surface area contributed by atoms with Crippen molar-refractivity contribution in [2.45, 2.75) is 53.7 Å². The predicted molar refractivity (Wildman–Crippen MR) is 124 cm³/mol. The maximum absolute atomic E-state index is 13.7. The van der Waals surface area contributed by atoms with Gasteiger partial charge in [-0.3, -0.25) is 28.9 Å². The average Bonchev–Trinajstić information content (AvgIpc) is 2.72. The lowest BCUT2D eigenvalue weighted by atomic mass is 9.95. The predicted octanol–water partition coefficient (Wildman–Crippen LogP) is 3.01.